The quantitative estimate of drug-likeness (QED) is 0.906. The van der Waals surface area contributed by atoms with Crippen molar-refractivity contribution in [1.82, 2.24) is 0 Å². The Kier molecular flexibility index (Phi) is 4.08. The van der Waals surface area contributed by atoms with Crippen LogP contribution in [0.1, 0.15) is 35.7 Å². The van der Waals surface area contributed by atoms with E-state index < -0.39 is 5.97 Å². The average molecular weight is 270 g/mol. The van der Waals surface area contributed by atoms with Crippen LogP contribution in [0.4, 0.5) is 0 Å². The van der Waals surface area contributed by atoms with Gasteiger partial charge in [0.2, 0.25) is 0 Å². The van der Waals surface area contributed by atoms with Crippen LogP contribution in [0.3, 0.4) is 0 Å². The summed E-state index contributed by atoms with van der Waals surface area (Å²) in [5.74, 6) is 0.00138. The smallest absolute Gasteiger partial charge is 0.336 e. The largest absolute Gasteiger partial charge is 0.497 e. The fraction of sp³-hybridized carbons (Fsp3) is 0.235. The summed E-state index contributed by atoms with van der Waals surface area (Å²) in [5.41, 5.74) is 3.07. The number of carbonyl (C=O) groups is 1. The Bertz CT molecular complexity index is 630. The van der Waals surface area contributed by atoms with Gasteiger partial charge in [-0.2, -0.15) is 0 Å². The van der Waals surface area contributed by atoms with Gasteiger partial charge in [-0.3, -0.25) is 0 Å². The third-order valence-corrected chi connectivity index (χ3v) is 3.32. The number of ether oxygens (including phenoxy) is 1. The van der Waals surface area contributed by atoms with Gasteiger partial charge in [0, 0.05) is 0 Å². The first-order valence-corrected chi connectivity index (χ1v) is 6.54. The molecule has 0 spiro atoms. The summed E-state index contributed by atoms with van der Waals surface area (Å²) in [6.07, 6.45) is 0. The van der Waals surface area contributed by atoms with Crippen LogP contribution in [0.25, 0.3) is 11.1 Å². The third kappa shape index (κ3) is 2.82. The minimum Gasteiger partial charge on any atom is -0.497 e. The maximum absolute atomic E-state index is 11.4. The first-order valence-electron chi connectivity index (χ1n) is 6.54. The van der Waals surface area contributed by atoms with Crippen molar-refractivity contribution in [3.05, 3.63) is 53.6 Å². The van der Waals surface area contributed by atoms with Gasteiger partial charge in [0.25, 0.3) is 0 Å². The zero-order valence-electron chi connectivity index (χ0n) is 11.9. The van der Waals surface area contributed by atoms with Crippen LogP contribution in [0.5, 0.6) is 5.75 Å². The molecule has 20 heavy (non-hydrogen) atoms. The van der Waals surface area contributed by atoms with Crippen LogP contribution in [-0.4, -0.2) is 18.2 Å². The molecule has 0 aliphatic heterocycles. The fourth-order valence-corrected chi connectivity index (χ4v) is 2.14. The van der Waals surface area contributed by atoms with Crippen molar-refractivity contribution in [3.63, 3.8) is 0 Å². The Morgan fingerprint density at radius 3 is 2.50 bits per heavy atom. The monoisotopic (exact) mass is 270 g/mol. The minimum atomic E-state index is -0.950. The molecule has 0 bridgehead atoms. The second-order valence-corrected chi connectivity index (χ2v) is 5.00. The number of benzene rings is 2. The fourth-order valence-electron chi connectivity index (χ4n) is 2.14. The Hall–Kier alpha value is -2.29. The molecule has 0 amide bonds. The predicted molar refractivity (Wildman–Crippen MR) is 79.5 cm³/mol. The molecule has 0 aliphatic carbocycles. The predicted octanol–water partition coefficient (Wildman–Crippen LogP) is 4.18. The topological polar surface area (TPSA) is 46.5 Å². The summed E-state index contributed by atoms with van der Waals surface area (Å²) < 4.78 is 5.09. The standard InChI is InChI=1S/C17H18O3/c1-11(2)12-5-4-6-13(9-12)15-8-7-14(20-3)10-16(15)17(18)19/h4-11H,1-3H3,(H,18,19). The highest BCUT2D eigenvalue weighted by Gasteiger charge is 2.13. The number of rotatable bonds is 4. The van der Waals surface area contributed by atoms with Crippen molar-refractivity contribution in [3.8, 4) is 16.9 Å². The average Bonchev–Trinajstić information content (AvgIpc) is 2.46. The van der Waals surface area contributed by atoms with Crippen molar-refractivity contribution in [2.24, 2.45) is 0 Å². The Labute approximate surface area is 118 Å². The summed E-state index contributed by atoms with van der Waals surface area (Å²) in [6.45, 7) is 4.23. The molecule has 1 N–H and O–H groups in total. The lowest BCUT2D eigenvalue weighted by atomic mass is 9.94. The molecular formula is C17H18O3. The molecule has 0 radical (unpaired) electrons. The van der Waals surface area contributed by atoms with Crippen LogP contribution in [0, 0.1) is 0 Å². The lowest BCUT2D eigenvalue weighted by Gasteiger charge is -2.11. The summed E-state index contributed by atoms with van der Waals surface area (Å²) in [7, 11) is 1.53. The second kappa shape index (κ2) is 5.78. The molecule has 2 aromatic rings. The number of hydrogen-bond donors (Lipinski definition) is 1. The Balaban J connectivity index is 2.57. The van der Waals surface area contributed by atoms with Crippen LogP contribution in [-0.2, 0) is 0 Å². The lowest BCUT2D eigenvalue weighted by Crippen LogP contribution is -2.01. The van der Waals surface area contributed by atoms with Gasteiger partial charge >= 0.3 is 5.97 Å². The van der Waals surface area contributed by atoms with E-state index in [9.17, 15) is 9.90 Å². The molecule has 0 unspecified atom stereocenters. The van der Waals surface area contributed by atoms with Gasteiger partial charge in [0.1, 0.15) is 5.75 Å². The van der Waals surface area contributed by atoms with Crippen molar-refractivity contribution >= 4 is 5.97 Å². The highest BCUT2D eigenvalue weighted by atomic mass is 16.5. The van der Waals surface area contributed by atoms with Crippen LogP contribution in [0.15, 0.2) is 42.5 Å². The van der Waals surface area contributed by atoms with E-state index in [4.69, 9.17) is 4.74 Å². The van der Waals surface area contributed by atoms with Gasteiger partial charge in [-0.25, -0.2) is 4.79 Å². The Morgan fingerprint density at radius 1 is 1.15 bits per heavy atom. The van der Waals surface area contributed by atoms with Gasteiger partial charge in [-0.1, -0.05) is 38.1 Å². The van der Waals surface area contributed by atoms with Crippen molar-refractivity contribution in [1.29, 1.82) is 0 Å². The zero-order valence-corrected chi connectivity index (χ0v) is 11.9. The zero-order chi connectivity index (χ0) is 14.7. The molecular weight excluding hydrogens is 252 g/mol. The van der Waals surface area contributed by atoms with Crippen LogP contribution >= 0.6 is 0 Å². The number of carboxylic acids is 1. The van der Waals surface area contributed by atoms with E-state index in [1.165, 1.54) is 12.7 Å². The minimum absolute atomic E-state index is 0.255. The Morgan fingerprint density at radius 2 is 1.90 bits per heavy atom. The highest BCUT2D eigenvalue weighted by Crippen LogP contribution is 2.29. The van der Waals surface area contributed by atoms with Gasteiger partial charge < -0.3 is 9.84 Å². The van der Waals surface area contributed by atoms with E-state index in [1.807, 2.05) is 18.2 Å². The van der Waals surface area contributed by atoms with Gasteiger partial charge in [-0.15, -0.1) is 0 Å². The van der Waals surface area contributed by atoms with E-state index in [0.717, 1.165) is 5.56 Å². The maximum atomic E-state index is 11.4. The molecule has 0 heterocycles. The molecule has 2 aromatic carbocycles. The van der Waals surface area contributed by atoms with E-state index in [0.29, 0.717) is 17.2 Å². The van der Waals surface area contributed by atoms with Gasteiger partial charge in [0.15, 0.2) is 0 Å². The van der Waals surface area contributed by atoms with Gasteiger partial charge in [-0.05, 0) is 40.8 Å². The van der Waals surface area contributed by atoms with Crippen LogP contribution < -0.4 is 4.74 Å². The molecule has 0 fully saturated rings. The summed E-state index contributed by atoms with van der Waals surface area (Å²) >= 11 is 0. The molecule has 0 saturated heterocycles. The normalized spacial score (nSPS) is 10.6. The highest BCUT2D eigenvalue weighted by molar-refractivity contribution is 5.96. The maximum Gasteiger partial charge on any atom is 0.336 e. The lowest BCUT2D eigenvalue weighted by molar-refractivity contribution is 0.0697. The van der Waals surface area contributed by atoms with Crippen LogP contribution in [0.2, 0.25) is 0 Å². The van der Waals surface area contributed by atoms with Crippen molar-refractivity contribution in [2.75, 3.05) is 7.11 Å². The molecule has 0 saturated carbocycles. The van der Waals surface area contributed by atoms with Crippen molar-refractivity contribution in [2.45, 2.75) is 19.8 Å². The number of aromatic carboxylic acids is 1. The summed E-state index contributed by atoms with van der Waals surface area (Å²) in [5, 5.41) is 9.37. The molecule has 0 aliphatic rings. The molecule has 104 valence electrons. The molecule has 3 nitrogen and oxygen atoms in total. The first kappa shape index (κ1) is 14.1. The SMILES string of the molecule is COc1ccc(-c2cccc(C(C)C)c2)c(C(=O)O)c1. The first-order chi connectivity index (χ1) is 9.52. The summed E-state index contributed by atoms with van der Waals surface area (Å²) in [6, 6.07) is 13.1. The number of methoxy groups -OCH3 is 1. The third-order valence-electron chi connectivity index (χ3n) is 3.32. The number of hydrogen-bond acceptors (Lipinski definition) is 2. The van der Waals surface area contributed by atoms with E-state index >= 15 is 0 Å². The second-order valence-electron chi connectivity index (χ2n) is 5.00. The molecule has 2 rings (SSSR count). The van der Waals surface area contributed by atoms with Gasteiger partial charge in [0.05, 0.1) is 12.7 Å². The van der Waals surface area contributed by atoms with Crippen molar-refractivity contribution < 1.29 is 14.6 Å². The van der Waals surface area contributed by atoms with E-state index in [1.54, 1.807) is 18.2 Å². The summed E-state index contributed by atoms with van der Waals surface area (Å²) in [4.78, 5) is 11.4. The number of carboxylic acid groups (broad SMARTS) is 1. The molecule has 3 heteroatoms. The molecule has 0 aromatic heterocycles. The van der Waals surface area contributed by atoms with E-state index in [2.05, 4.69) is 19.9 Å². The molecule has 0 atom stereocenters. The van der Waals surface area contributed by atoms with E-state index in [-0.39, 0.29) is 5.56 Å².